The van der Waals surface area contributed by atoms with E-state index in [1.54, 1.807) is 0 Å². The third-order valence-corrected chi connectivity index (χ3v) is 1.78. The van der Waals surface area contributed by atoms with E-state index in [-0.39, 0.29) is 0 Å². The fraction of sp³-hybridized carbons (Fsp3) is 0.111. The molecule has 0 heterocycles. The van der Waals surface area contributed by atoms with Crippen molar-refractivity contribution in [3.8, 4) is 12.1 Å². The van der Waals surface area contributed by atoms with Crippen LogP contribution in [0.4, 0.5) is 13.2 Å². The highest BCUT2D eigenvalue weighted by Crippen LogP contribution is 2.23. The molecule has 14 heavy (non-hydrogen) atoms. The summed E-state index contributed by atoms with van der Waals surface area (Å²) < 4.78 is 39.0. The van der Waals surface area contributed by atoms with E-state index in [1.165, 1.54) is 12.1 Å². The second-order valence-electron chi connectivity index (χ2n) is 2.54. The van der Waals surface area contributed by atoms with E-state index < -0.39 is 34.1 Å². The number of rotatable bonds is 0. The van der Waals surface area contributed by atoms with Crippen molar-refractivity contribution in [3.63, 3.8) is 0 Å². The van der Waals surface area contributed by atoms with Gasteiger partial charge in [-0.05, 0) is 6.92 Å². The molecular formula is C9H3F3N2. The van der Waals surface area contributed by atoms with Gasteiger partial charge in [-0.1, -0.05) is 0 Å². The zero-order chi connectivity index (χ0) is 10.9. The van der Waals surface area contributed by atoms with Gasteiger partial charge in [0.15, 0.2) is 17.5 Å². The average molecular weight is 196 g/mol. The molecule has 0 bridgehead atoms. The second kappa shape index (κ2) is 3.39. The molecule has 70 valence electrons. The summed E-state index contributed by atoms with van der Waals surface area (Å²) in [7, 11) is 0. The Morgan fingerprint density at radius 1 is 0.857 bits per heavy atom. The summed E-state index contributed by atoms with van der Waals surface area (Å²) in [6.45, 7) is 1.07. The van der Waals surface area contributed by atoms with E-state index in [0.717, 1.165) is 6.92 Å². The van der Waals surface area contributed by atoms with Crippen molar-refractivity contribution in [2.24, 2.45) is 0 Å². The van der Waals surface area contributed by atoms with E-state index >= 15 is 0 Å². The Morgan fingerprint density at radius 2 is 1.36 bits per heavy atom. The van der Waals surface area contributed by atoms with Crippen molar-refractivity contribution >= 4 is 0 Å². The molecule has 0 amide bonds. The van der Waals surface area contributed by atoms with Crippen LogP contribution in [0.5, 0.6) is 0 Å². The average Bonchev–Trinajstić information content (AvgIpc) is 2.16. The Hall–Kier alpha value is -2.01. The van der Waals surface area contributed by atoms with Gasteiger partial charge in [0, 0.05) is 5.56 Å². The van der Waals surface area contributed by atoms with Crippen LogP contribution in [-0.4, -0.2) is 0 Å². The van der Waals surface area contributed by atoms with Crippen LogP contribution in [0.1, 0.15) is 16.7 Å². The highest BCUT2D eigenvalue weighted by Gasteiger charge is 2.22. The molecule has 0 spiro atoms. The molecule has 5 heteroatoms. The summed E-state index contributed by atoms with van der Waals surface area (Å²) in [6.07, 6.45) is 0. The van der Waals surface area contributed by atoms with Gasteiger partial charge < -0.3 is 0 Å². The molecule has 0 atom stereocenters. The first-order valence-corrected chi connectivity index (χ1v) is 3.51. The van der Waals surface area contributed by atoms with Gasteiger partial charge in [0.1, 0.15) is 17.7 Å². The molecule has 0 aliphatic heterocycles. The first kappa shape index (κ1) is 10.1. The van der Waals surface area contributed by atoms with Crippen LogP contribution in [0.15, 0.2) is 0 Å². The molecule has 0 fully saturated rings. The van der Waals surface area contributed by atoms with Crippen molar-refractivity contribution < 1.29 is 13.2 Å². The van der Waals surface area contributed by atoms with Gasteiger partial charge in [0.05, 0.1) is 5.56 Å². The summed E-state index contributed by atoms with van der Waals surface area (Å²) in [5.41, 5.74) is -2.13. The number of benzene rings is 1. The van der Waals surface area contributed by atoms with Crippen LogP contribution in [0, 0.1) is 47.0 Å². The van der Waals surface area contributed by atoms with E-state index in [0.29, 0.717) is 0 Å². The maximum absolute atomic E-state index is 13.1. The quantitative estimate of drug-likeness (QED) is 0.597. The number of nitrogens with zero attached hydrogens (tertiary/aromatic N) is 2. The van der Waals surface area contributed by atoms with Crippen molar-refractivity contribution in [2.45, 2.75) is 6.92 Å². The van der Waals surface area contributed by atoms with Crippen LogP contribution in [-0.2, 0) is 0 Å². The van der Waals surface area contributed by atoms with Gasteiger partial charge in [-0.2, -0.15) is 10.5 Å². The molecule has 1 rings (SSSR count). The first-order valence-electron chi connectivity index (χ1n) is 3.51. The lowest BCUT2D eigenvalue weighted by Crippen LogP contribution is -2.03. The highest BCUT2D eigenvalue weighted by molar-refractivity contribution is 5.47. The van der Waals surface area contributed by atoms with Gasteiger partial charge in [0.2, 0.25) is 0 Å². The Bertz CT molecular complexity index is 439. The van der Waals surface area contributed by atoms with E-state index in [9.17, 15) is 13.2 Å². The summed E-state index contributed by atoms with van der Waals surface area (Å²) >= 11 is 0. The molecule has 0 unspecified atom stereocenters. The smallest absolute Gasteiger partial charge is 0.179 e. The summed E-state index contributed by atoms with van der Waals surface area (Å²) in [4.78, 5) is 0. The summed E-state index contributed by atoms with van der Waals surface area (Å²) in [5.74, 6) is -4.23. The maximum atomic E-state index is 13.1. The maximum Gasteiger partial charge on any atom is 0.179 e. The second-order valence-corrected chi connectivity index (χ2v) is 2.54. The monoisotopic (exact) mass is 196 g/mol. The normalized spacial score (nSPS) is 9.29. The lowest BCUT2D eigenvalue weighted by Gasteiger charge is -2.04. The van der Waals surface area contributed by atoms with Crippen molar-refractivity contribution in [1.29, 1.82) is 10.5 Å². The minimum atomic E-state index is -1.55. The van der Waals surface area contributed by atoms with Crippen molar-refractivity contribution in [2.75, 3.05) is 0 Å². The molecule has 0 saturated carbocycles. The van der Waals surface area contributed by atoms with Crippen LogP contribution in [0.3, 0.4) is 0 Å². The van der Waals surface area contributed by atoms with Crippen molar-refractivity contribution in [3.05, 3.63) is 34.1 Å². The molecule has 0 saturated heterocycles. The molecule has 0 aromatic heterocycles. The topological polar surface area (TPSA) is 47.6 Å². The van der Waals surface area contributed by atoms with E-state index in [1.807, 2.05) is 0 Å². The first-order chi connectivity index (χ1) is 6.54. The SMILES string of the molecule is Cc1c(F)c(F)c(C#N)c(F)c1C#N. The van der Waals surface area contributed by atoms with Crippen LogP contribution >= 0.6 is 0 Å². The standard InChI is InChI=1S/C9H3F3N2/c1-4-5(2-13)8(11)6(3-14)9(12)7(4)10/h1H3. The van der Waals surface area contributed by atoms with Crippen molar-refractivity contribution in [1.82, 2.24) is 0 Å². The van der Waals surface area contributed by atoms with E-state index in [2.05, 4.69) is 0 Å². The molecule has 0 N–H and O–H groups in total. The number of hydrogen-bond acceptors (Lipinski definition) is 2. The number of nitriles is 2. The summed E-state index contributed by atoms with van der Waals surface area (Å²) in [5, 5.41) is 16.8. The van der Waals surface area contributed by atoms with Crippen LogP contribution in [0.25, 0.3) is 0 Å². The third-order valence-electron chi connectivity index (χ3n) is 1.78. The third kappa shape index (κ3) is 1.20. The Balaban J connectivity index is 3.78. The lowest BCUT2D eigenvalue weighted by molar-refractivity contribution is 0.484. The highest BCUT2D eigenvalue weighted by atomic mass is 19.2. The molecule has 0 aliphatic rings. The molecule has 1 aromatic carbocycles. The van der Waals surface area contributed by atoms with E-state index in [4.69, 9.17) is 10.5 Å². The minimum Gasteiger partial charge on any atom is -0.204 e. The van der Waals surface area contributed by atoms with Gasteiger partial charge >= 0.3 is 0 Å². The predicted molar refractivity (Wildman–Crippen MR) is 40.5 cm³/mol. The van der Waals surface area contributed by atoms with Gasteiger partial charge in [-0.15, -0.1) is 0 Å². The fourth-order valence-corrected chi connectivity index (χ4v) is 1.00. The molecule has 2 nitrogen and oxygen atoms in total. The molecule has 0 aliphatic carbocycles. The predicted octanol–water partition coefficient (Wildman–Crippen LogP) is 2.16. The molecule has 0 radical (unpaired) electrons. The largest absolute Gasteiger partial charge is 0.204 e. The number of hydrogen-bond donors (Lipinski definition) is 0. The lowest BCUT2D eigenvalue weighted by atomic mass is 10.0. The molecule has 1 aromatic rings. The Morgan fingerprint density at radius 3 is 1.79 bits per heavy atom. The minimum absolute atomic E-state index is 0.429. The summed E-state index contributed by atoms with van der Waals surface area (Å²) in [6, 6.07) is 2.54. The van der Waals surface area contributed by atoms with Crippen LogP contribution < -0.4 is 0 Å². The zero-order valence-corrected chi connectivity index (χ0v) is 7.03. The molecular weight excluding hydrogens is 193 g/mol. The van der Waals surface area contributed by atoms with Gasteiger partial charge in [0.25, 0.3) is 0 Å². The zero-order valence-electron chi connectivity index (χ0n) is 7.03. The Kier molecular flexibility index (Phi) is 2.44. The fourth-order valence-electron chi connectivity index (χ4n) is 1.00. The Labute approximate surface area is 77.8 Å². The number of halogens is 3. The van der Waals surface area contributed by atoms with Gasteiger partial charge in [-0.3, -0.25) is 0 Å². The van der Waals surface area contributed by atoms with Crippen LogP contribution in [0.2, 0.25) is 0 Å². The van der Waals surface area contributed by atoms with Gasteiger partial charge in [-0.25, -0.2) is 13.2 Å².